The topological polar surface area (TPSA) is 116 Å². The number of nitro groups is 1. The van der Waals surface area contributed by atoms with E-state index >= 15 is 0 Å². The molecule has 3 aromatic rings. The predicted octanol–water partition coefficient (Wildman–Crippen LogP) is 3.08. The monoisotopic (exact) mass is 378 g/mol. The van der Waals surface area contributed by atoms with Crippen molar-refractivity contribution in [1.29, 1.82) is 0 Å². The first-order valence-electron chi connectivity index (χ1n) is 7.67. The minimum Gasteiger partial charge on any atom is -0.493 e. The van der Waals surface area contributed by atoms with Gasteiger partial charge in [0.05, 0.1) is 24.7 Å². The van der Waals surface area contributed by atoms with E-state index in [9.17, 15) is 10.1 Å². The van der Waals surface area contributed by atoms with Crippen molar-refractivity contribution in [3.63, 3.8) is 0 Å². The zero-order valence-corrected chi connectivity index (χ0v) is 15.1. The second-order valence-electron chi connectivity index (χ2n) is 5.46. The summed E-state index contributed by atoms with van der Waals surface area (Å²) in [5, 5.41) is 19.0. The number of methoxy groups -OCH3 is 2. The molecule has 0 aliphatic heterocycles. The summed E-state index contributed by atoms with van der Waals surface area (Å²) in [4.78, 5) is 10.7. The minimum atomic E-state index is -0.425. The van der Waals surface area contributed by atoms with E-state index < -0.39 is 4.92 Å². The first kappa shape index (κ1) is 19.5. The standard InChI is InChI=1S/C17H18N4O4.ClH/c1-24-15-7-10(5-6-18)12(9-16(15)25-2)17-13-8-11(21(22)23)3-4-14(13)19-20-17;/h3-4,7-9H,5-6,18H2,1-2H3,(H,19,20);1H. The minimum absolute atomic E-state index is 0. The maximum Gasteiger partial charge on any atom is 0.270 e. The highest BCUT2D eigenvalue weighted by Gasteiger charge is 2.18. The van der Waals surface area contributed by atoms with E-state index in [1.165, 1.54) is 12.1 Å². The number of hydrogen-bond donors (Lipinski definition) is 2. The lowest BCUT2D eigenvalue weighted by Crippen LogP contribution is -2.05. The molecule has 0 unspecified atom stereocenters. The summed E-state index contributed by atoms with van der Waals surface area (Å²) in [6.07, 6.45) is 0.610. The Morgan fingerprint density at radius 3 is 2.50 bits per heavy atom. The number of fused-ring (bicyclic) bond motifs is 1. The summed E-state index contributed by atoms with van der Waals surface area (Å²) in [5.41, 5.74) is 8.80. The fraction of sp³-hybridized carbons (Fsp3) is 0.235. The Balaban J connectivity index is 0.00000243. The van der Waals surface area contributed by atoms with Gasteiger partial charge in [-0.15, -0.1) is 12.4 Å². The molecular formula is C17H19ClN4O4. The van der Waals surface area contributed by atoms with E-state index in [0.717, 1.165) is 11.1 Å². The molecule has 8 nitrogen and oxygen atoms in total. The van der Waals surface area contributed by atoms with Crippen molar-refractivity contribution in [3.05, 3.63) is 46.0 Å². The van der Waals surface area contributed by atoms with Gasteiger partial charge in [-0.1, -0.05) is 0 Å². The van der Waals surface area contributed by atoms with Gasteiger partial charge in [0.1, 0.15) is 5.69 Å². The number of nitrogens with one attached hydrogen (secondary N) is 1. The van der Waals surface area contributed by atoms with E-state index in [1.807, 2.05) is 12.1 Å². The fourth-order valence-electron chi connectivity index (χ4n) is 2.82. The average molecular weight is 379 g/mol. The molecule has 0 aliphatic carbocycles. The first-order valence-corrected chi connectivity index (χ1v) is 7.67. The van der Waals surface area contributed by atoms with E-state index in [4.69, 9.17) is 15.2 Å². The third kappa shape index (κ3) is 3.42. The van der Waals surface area contributed by atoms with Crippen LogP contribution in [0, 0.1) is 10.1 Å². The van der Waals surface area contributed by atoms with Crippen LogP contribution in [0.3, 0.4) is 0 Å². The Hall–Kier alpha value is -2.84. The van der Waals surface area contributed by atoms with Crippen LogP contribution in [0.25, 0.3) is 22.2 Å². The van der Waals surface area contributed by atoms with Crippen LogP contribution >= 0.6 is 12.4 Å². The van der Waals surface area contributed by atoms with Crippen molar-refractivity contribution >= 4 is 29.0 Å². The quantitative estimate of drug-likeness (QED) is 0.503. The predicted molar refractivity (Wildman–Crippen MR) is 101 cm³/mol. The highest BCUT2D eigenvalue weighted by molar-refractivity contribution is 5.95. The number of aromatic amines is 1. The number of nitro benzene ring substituents is 1. The summed E-state index contributed by atoms with van der Waals surface area (Å²) in [5.74, 6) is 1.15. The molecule has 1 aromatic heterocycles. The van der Waals surface area contributed by atoms with Crippen LogP contribution in [0.1, 0.15) is 5.56 Å². The highest BCUT2D eigenvalue weighted by atomic mass is 35.5. The third-order valence-electron chi connectivity index (χ3n) is 4.04. The van der Waals surface area contributed by atoms with Gasteiger partial charge in [-0.25, -0.2) is 0 Å². The number of H-pyrrole nitrogens is 1. The Labute approximate surface area is 155 Å². The number of ether oxygens (including phenoxy) is 2. The molecule has 0 saturated heterocycles. The molecule has 0 atom stereocenters. The van der Waals surface area contributed by atoms with Crippen LogP contribution in [-0.2, 0) is 6.42 Å². The van der Waals surface area contributed by atoms with Crippen LogP contribution in [0.5, 0.6) is 11.5 Å². The van der Waals surface area contributed by atoms with Gasteiger partial charge in [0.2, 0.25) is 0 Å². The summed E-state index contributed by atoms with van der Waals surface area (Å²) < 4.78 is 10.7. The number of rotatable bonds is 6. The fourth-order valence-corrected chi connectivity index (χ4v) is 2.82. The second kappa shape index (κ2) is 8.03. The van der Waals surface area contributed by atoms with Crippen molar-refractivity contribution in [2.75, 3.05) is 20.8 Å². The zero-order valence-electron chi connectivity index (χ0n) is 14.3. The van der Waals surface area contributed by atoms with Crippen LogP contribution < -0.4 is 15.2 Å². The van der Waals surface area contributed by atoms with Gasteiger partial charge in [-0.05, 0) is 36.7 Å². The molecule has 0 aliphatic rings. The number of halogens is 1. The molecule has 9 heteroatoms. The SMILES string of the molecule is COc1cc(CCN)c(-c2n[nH]c3ccc([N+](=O)[O-])cc23)cc1OC.Cl. The number of benzene rings is 2. The van der Waals surface area contributed by atoms with Gasteiger partial charge < -0.3 is 15.2 Å². The van der Waals surface area contributed by atoms with Crippen LogP contribution in [-0.4, -0.2) is 35.9 Å². The Morgan fingerprint density at radius 2 is 1.88 bits per heavy atom. The van der Waals surface area contributed by atoms with Gasteiger partial charge >= 0.3 is 0 Å². The van der Waals surface area contributed by atoms with E-state index in [1.54, 1.807) is 20.3 Å². The molecule has 0 bridgehead atoms. The lowest BCUT2D eigenvalue weighted by Gasteiger charge is -2.13. The van der Waals surface area contributed by atoms with Crippen LogP contribution in [0.4, 0.5) is 5.69 Å². The molecular weight excluding hydrogens is 360 g/mol. The highest BCUT2D eigenvalue weighted by Crippen LogP contribution is 2.38. The van der Waals surface area contributed by atoms with Crippen molar-refractivity contribution in [2.45, 2.75) is 6.42 Å². The number of hydrogen-bond acceptors (Lipinski definition) is 6. The number of aromatic nitrogens is 2. The van der Waals surface area contributed by atoms with Gasteiger partial charge in [0, 0.05) is 23.1 Å². The molecule has 138 valence electrons. The molecule has 0 spiro atoms. The van der Waals surface area contributed by atoms with Gasteiger partial charge in [-0.2, -0.15) is 5.10 Å². The van der Waals surface area contributed by atoms with Crippen LogP contribution in [0.15, 0.2) is 30.3 Å². The molecule has 2 aromatic carbocycles. The molecule has 3 rings (SSSR count). The summed E-state index contributed by atoms with van der Waals surface area (Å²) in [6.45, 7) is 0.449. The molecule has 0 radical (unpaired) electrons. The molecule has 0 amide bonds. The lowest BCUT2D eigenvalue weighted by molar-refractivity contribution is -0.384. The molecule has 0 saturated carbocycles. The smallest absolute Gasteiger partial charge is 0.270 e. The first-order chi connectivity index (χ1) is 12.1. The lowest BCUT2D eigenvalue weighted by atomic mass is 9.98. The summed E-state index contributed by atoms with van der Waals surface area (Å²) >= 11 is 0. The van der Waals surface area contributed by atoms with Crippen LogP contribution in [0.2, 0.25) is 0 Å². The molecule has 26 heavy (non-hydrogen) atoms. The largest absolute Gasteiger partial charge is 0.493 e. The van der Waals surface area contributed by atoms with E-state index in [-0.39, 0.29) is 18.1 Å². The van der Waals surface area contributed by atoms with E-state index in [0.29, 0.717) is 41.1 Å². The third-order valence-corrected chi connectivity index (χ3v) is 4.04. The number of nitrogens with zero attached hydrogens (tertiary/aromatic N) is 2. The average Bonchev–Trinajstić information content (AvgIpc) is 3.04. The number of nitrogens with two attached hydrogens (primary N) is 1. The molecule has 3 N–H and O–H groups in total. The normalized spacial score (nSPS) is 10.4. The van der Waals surface area contributed by atoms with Gasteiger partial charge in [0.15, 0.2) is 11.5 Å². The van der Waals surface area contributed by atoms with Gasteiger partial charge in [0.25, 0.3) is 5.69 Å². The van der Waals surface area contributed by atoms with Crippen molar-refractivity contribution in [3.8, 4) is 22.8 Å². The zero-order chi connectivity index (χ0) is 18.0. The maximum atomic E-state index is 11.1. The van der Waals surface area contributed by atoms with Crippen molar-refractivity contribution < 1.29 is 14.4 Å². The Bertz CT molecular complexity index is 942. The molecule has 1 heterocycles. The van der Waals surface area contributed by atoms with E-state index in [2.05, 4.69) is 10.2 Å². The van der Waals surface area contributed by atoms with Crippen molar-refractivity contribution in [2.24, 2.45) is 5.73 Å². The number of non-ortho nitro benzene ring substituents is 1. The second-order valence-corrected chi connectivity index (χ2v) is 5.46. The maximum absolute atomic E-state index is 11.1. The molecule has 0 fully saturated rings. The Morgan fingerprint density at radius 1 is 1.19 bits per heavy atom. The van der Waals surface area contributed by atoms with Gasteiger partial charge in [-0.3, -0.25) is 15.2 Å². The Kier molecular flexibility index (Phi) is 6.01. The van der Waals surface area contributed by atoms with Crippen molar-refractivity contribution in [1.82, 2.24) is 10.2 Å². The summed E-state index contributed by atoms with van der Waals surface area (Å²) in [7, 11) is 3.12. The summed E-state index contributed by atoms with van der Waals surface area (Å²) in [6, 6.07) is 8.28.